The lowest BCUT2D eigenvalue weighted by molar-refractivity contribution is -0.117. The Morgan fingerprint density at radius 1 is 1.23 bits per heavy atom. The van der Waals surface area contributed by atoms with E-state index in [0.717, 1.165) is 10.8 Å². The second-order valence-electron chi connectivity index (χ2n) is 5.50. The van der Waals surface area contributed by atoms with E-state index in [9.17, 15) is 17.1 Å². The SMILES string of the molecule is Nc1cccc2cccc(N3CC(CS(=O)(=O)F)CC3=O)c12. The molecule has 1 aliphatic heterocycles. The number of amides is 1. The van der Waals surface area contributed by atoms with E-state index in [0.29, 0.717) is 11.4 Å². The van der Waals surface area contributed by atoms with Gasteiger partial charge < -0.3 is 10.6 Å². The van der Waals surface area contributed by atoms with Crippen LogP contribution in [0.3, 0.4) is 0 Å². The molecule has 22 heavy (non-hydrogen) atoms. The van der Waals surface area contributed by atoms with Crippen molar-refractivity contribution in [1.29, 1.82) is 0 Å². The highest BCUT2D eigenvalue weighted by atomic mass is 32.3. The van der Waals surface area contributed by atoms with Crippen LogP contribution in [0.4, 0.5) is 15.3 Å². The molecule has 2 aromatic rings. The molecule has 1 amide bonds. The van der Waals surface area contributed by atoms with Gasteiger partial charge in [0, 0.05) is 30.0 Å². The van der Waals surface area contributed by atoms with Gasteiger partial charge >= 0.3 is 10.2 Å². The molecule has 2 aromatic carbocycles. The van der Waals surface area contributed by atoms with Crippen LogP contribution in [-0.2, 0) is 15.0 Å². The summed E-state index contributed by atoms with van der Waals surface area (Å²) >= 11 is 0. The van der Waals surface area contributed by atoms with Crippen molar-refractivity contribution >= 4 is 38.3 Å². The molecule has 1 aliphatic rings. The Kier molecular flexibility index (Phi) is 3.52. The van der Waals surface area contributed by atoms with Gasteiger partial charge in [0.05, 0.1) is 11.4 Å². The number of halogens is 1. The minimum atomic E-state index is -4.59. The minimum absolute atomic E-state index is 0.0201. The molecule has 0 aliphatic carbocycles. The monoisotopic (exact) mass is 322 g/mol. The molecule has 1 atom stereocenters. The van der Waals surface area contributed by atoms with Gasteiger partial charge in [-0.3, -0.25) is 4.79 Å². The van der Waals surface area contributed by atoms with E-state index in [1.54, 1.807) is 12.1 Å². The average Bonchev–Trinajstić information content (AvgIpc) is 2.77. The van der Waals surface area contributed by atoms with Crippen LogP contribution in [0.1, 0.15) is 6.42 Å². The van der Waals surface area contributed by atoms with E-state index < -0.39 is 21.9 Å². The summed E-state index contributed by atoms with van der Waals surface area (Å²) in [6, 6.07) is 10.9. The predicted octanol–water partition coefficient (Wildman–Crippen LogP) is 2.07. The van der Waals surface area contributed by atoms with Gasteiger partial charge in [0.15, 0.2) is 0 Å². The van der Waals surface area contributed by atoms with E-state index in [2.05, 4.69) is 0 Å². The zero-order valence-electron chi connectivity index (χ0n) is 11.7. The normalized spacial score (nSPS) is 19.0. The fourth-order valence-electron chi connectivity index (χ4n) is 2.98. The summed E-state index contributed by atoms with van der Waals surface area (Å²) in [5.41, 5.74) is 7.19. The molecule has 116 valence electrons. The molecule has 0 aromatic heterocycles. The molecule has 1 saturated heterocycles. The quantitative estimate of drug-likeness (QED) is 0.693. The van der Waals surface area contributed by atoms with Crippen molar-refractivity contribution in [3.63, 3.8) is 0 Å². The molecule has 1 unspecified atom stereocenters. The fraction of sp³-hybridized carbons (Fsp3) is 0.267. The average molecular weight is 322 g/mol. The van der Waals surface area contributed by atoms with E-state index in [1.807, 2.05) is 24.3 Å². The number of carbonyl (C=O) groups is 1. The largest absolute Gasteiger partial charge is 0.398 e. The van der Waals surface area contributed by atoms with E-state index in [4.69, 9.17) is 5.73 Å². The maximum absolute atomic E-state index is 12.8. The molecule has 7 heteroatoms. The molecule has 1 fully saturated rings. The maximum atomic E-state index is 12.8. The Hall–Kier alpha value is -2.15. The van der Waals surface area contributed by atoms with Gasteiger partial charge in [-0.05, 0) is 17.5 Å². The molecule has 0 bridgehead atoms. The molecule has 0 saturated carbocycles. The first-order valence-corrected chi connectivity index (χ1v) is 8.40. The van der Waals surface area contributed by atoms with Crippen molar-refractivity contribution in [3.05, 3.63) is 36.4 Å². The topological polar surface area (TPSA) is 80.5 Å². The summed E-state index contributed by atoms with van der Waals surface area (Å²) in [6.07, 6.45) is 0.0201. The first-order valence-electron chi connectivity index (χ1n) is 6.85. The summed E-state index contributed by atoms with van der Waals surface area (Å²) < 4.78 is 34.4. The lowest BCUT2D eigenvalue weighted by atomic mass is 10.1. The first-order chi connectivity index (χ1) is 10.3. The minimum Gasteiger partial charge on any atom is -0.398 e. The third-order valence-corrected chi connectivity index (χ3v) is 4.72. The van der Waals surface area contributed by atoms with Gasteiger partial charge in [0.25, 0.3) is 0 Å². The van der Waals surface area contributed by atoms with E-state index in [1.165, 1.54) is 4.90 Å². The molecule has 5 nitrogen and oxygen atoms in total. The molecular weight excluding hydrogens is 307 g/mol. The Balaban J connectivity index is 2.00. The van der Waals surface area contributed by atoms with Crippen LogP contribution in [0.15, 0.2) is 36.4 Å². The van der Waals surface area contributed by atoms with Crippen molar-refractivity contribution in [2.24, 2.45) is 5.92 Å². The van der Waals surface area contributed by atoms with Gasteiger partial charge in [0.2, 0.25) is 5.91 Å². The third kappa shape index (κ3) is 2.76. The fourth-order valence-corrected chi connectivity index (χ4v) is 3.77. The number of hydrogen-bond acceptors (Lipinski definition) is 4. The number of rotatable bonds is 3. The van der Waals surface area contributed by atoms with Gasteiger partial charge in [0.1, 0.15) is 0 Å². The molecule has 1 heterocycles. The van der Waals surface area contributed by atoms with E-state index >= 15 is 0 Å². The van der Waals surface area contributed by atoms with Crippen molar-refractivity contribution < 1.29 is 17.1 Å². The van der Waals surface area contributed by atoms with Crippen LogP contribution in [0.25, 0.3) is 10.8 Å². The van der Waals surface area contributed by atoms with Crippen LogP contribution in [0.5, 0.6) is 0 Å². The van der Waals surface area contributed by atoms with Crippen LogP contribution < -0.4 is 10.6 Å². The van der Waals surface area contributed by atoms with E-state index in [-0.39, 0.29) is 18.9 Å². The third-order valence-electron chi connectivity index (χ3n) is 3.85. The second-order valence-corrected chi connectivity index (χ2v) is 6.91. The highest BCUT2D eigenvalue weighted by Crippen LogP contribution is 2.35. The number of nitrogens with two attached hydrogens (primary N) is 1. The van der Waals surface area contributed by atoms with Crippen molar-refractivity contribution in [2.75, 3.05) is 22.9 Å². The Morgan fingerprint density at radius 3 is 2.59 bits per heavy atom. The number of anilines is 2. The number of benzene rings is 2. The smallest absolute Gasteiger partial charge is 0.302 e. The zero-order valence-corrected chi connectivity index (χ0v) is 12.5. The summed E-state index contributed by atoms with van der Waals surface area (Å²) in [7, 11) is -4.59. The highest BCUT2D eigenvalue weighted by Gasteiger charge is 2.34. The van der Waals surface area contributed by atoms with Gasteiger partial charge in [-0.1, -0.05) is 24.3 Å². The summed E-state index contributed by atoms with van der Waals surface area (Å²) in [6.45, 7) is 0.176. The van der Waals surface area contributed by atoms with Gasteiger partial charge in [-0.15, -0.1) is 3.89 Å². The van der Waals surface area contributed by atoms with Crippen LogP contribution in [-0.4, -0.2) is 26.6 Å². The van der Waals surface area contributed by atoms with Gasteiger partial charge in [-0.2, -0.15) is 8.42 Å². The van der Waals surface area contributed by atoms with Crippen molar-refractivity contribution in [2.45, 2.75) is 6.42 Å². The summed E-state index contributed by atoms with van der Waals surface area (Å²) in [5, 5.41) is 1.65. The lowest BCUT2D eigenvalue weighted by Crippen LogP contribution is -2.25. The summed E-state index contributed by atoms with van der Waals surface area (Å²) in [4.78, 5) is 13.7. The molecule has 3 rings (SSSR count). The van der Waals surface area contributed by atoms with Crippen LogP contribution in [0.2, 0.25) is 0 Å². The van der Waals surface area contributed by atoms with Crippen LogP contribution >= 0.6 is 0 Å². The first kappa shape index (κ1) is 14.8. The Bertz CT molecular complexity index is 846. The maximum Gasteiger partial charge on any atom is 0.302 e. The number of nitrogens with zero attached hydrogens (tertiary/aromatic N) is 1. The van der Waals surface area contributed by atoms with Crippen molar-refractivity contribution in [1.82, 2.24) is 0 Å². The molecular formula is C15H15FN2O3S. The van der Waals surface area contributed by atoms with Crippen molar-refractivity contribution in [3.8, 4) is 0 Å². The van der Waals surface area contributed by atoms with Gasteiger partial charge in [-0.25, -0.2) is 0 Å². The number of fused-ring (bicyclic) bond motifs is 1. The number of nitrogen functional groups attached to an aromatic ring is 1. The number of hydrogen-bond donors (Lipinski definition) is 1. The summed E-state index contributed by atoms with van der Waals surface area (Å²) in [5.74, 6) is -1.39. The van der Waals surface area contributed by atoms with Crippen LogP contribution in [0, 0.1) is 5.92 Å². The molecule has 2 N–H and O–H groups in total. The molecule has 0 spiro atoms. The standard InChI is InChI=1S/C15H15FN2O3S/c16-22(20,21)9-10-7-14(19)18(8-10)13-6-2-4-11-3-1-5-12(17)15(11)13/h1-6,10H,7-9,17H2. The molecule has 0 radical (unpaired) electrons. The predicted molar refractivity (Wildman–Crippen MR) is 83.7 cm³/mol. The zero-order chi connectivity index (χ0) is 15.9. The Labute approximate surface area is 127 Å². The lowest BCUT2D eigenvalue weighted by Gasteiger charge is -2.19. The highest BCUT2D eigenvalue weighted by molar-refractivity contribution is 7.86. The second kappa shape index (κ2) is 5.24. The Morgan fingerprint density at radius 2 is 1.91 bits per heavy atom. The number of carbonyl (C=O) groups excluding carboxylic acids is 1.